The van der Waals surface area contributed by atoms with Gasteiger partial charge in [-0.2, -0.15) is 0 Å². The van der Waals surface area contributed by atoms with E-state index in [2.05, 4.69) is 43.4 Å². The molecule has 104 valence electrons. The van der Waals surface area contributed by atoms with Crippen molar-refractivity contribution in [3.05, 3.63) is 48.1 Å². The largest absolute Gasteiger partial charge is 0.497 e. The van der Waals surface area contributed by atoms with Gasteiger partial charge >= 0.3 is 0 Å². The Morgan fingerprint density at radius 2 is 1.58 bits per heavy atom. The molecule has 1 aromatic carbocycles. The molecular weight excluding hydrogens is 232 g/mol. The molecule has 0 aliphatic carbocycles. The third-order valence-electron chi connectivity index (χ3n) is 3.07. The number of unbranched alkanes of at least 4 members (excludes halogenated alkanes) is 4. The highest BCUT2D eigenvalue weighted by Gasteiger charge is 1.89. The summed E-state index contributed by atoms with van der Waals surface area (Å²) < 4.78 is 5.13. The Hall–Kier alpha value is -1.50. The fourth-order valence-corrected chi connectivity index (χ4v) is 1.87. The zero-order chi connectivity index (χ0) is 13.8. The normalized spacial score (nSPS) is 11.5. The van der Waals surface area contributed by atoms with Crippen LogP contribution in [0.2, 0.25) is 0 Å². The highest BCUT2D eigenvalue weighted by atomic mass is 16.5. The van der Waals surface area contributed by atoms with E-state index in [1.54, 1.807) is 7.11 Å². The maximum Gasteiger partial charge on any atom is 0.118 e. The summed E-state index contributed by atoms with van der Waals surface area (Å²) >= 11 is 0. The lowest BCUT2D eigenvalue weighted by molar-refractivity contribution is 0.415. The zero-order valence-corrected chi connectivity index (χ0v) is 12.3. The second kappa shape index (κ2) is 10.4. The van der Waals surface area contributed by atoms with Crippen molar-refractivity contribution in [1.29, 1.82) is 0 Å². The highest BCUT2D eigenvalue weighted by molar-refractivity contribution is 5.50. The number of allylic oxidation sites excluding steroid dienone is 3. The molecule has 0 unspecified atom stereocenters. The summed E-state index contributed by atoms with van der Waals surface area (Å²) in [7, 11) is 1.69. The van der Waals surface area contributed by atoms with Crippen molar-refractivity contribution in [2.75, 3.05) is 7.11 Å². The quantitative estimate of drug-likeness (QED) is 0.412. The number of hydrogen-bond donors (Lipinski definition) is 0. The van der Waals surface area contributed by atoms with Crippen LogP contribution in [0.4, 0.5) is 0 Å². The van der Waals surface area contributed by atoms with E-state index >= 15 is 0 Å². The molecule has 0 spiro atoms. The summed E-state index contributed by atoms with van der Waals surface area (Å²) in [4.78, 5) is 0. The molecule has 0 aliphatic rings. The van der Waals surface area contributed by atoms with Crippen LogP contribution in [-0.4, -0.2) is 7.11 Å². The Labute approximate surface area is 118 Å². The van der Waals surface area contributed by atoms with Crippen molar-refractivity contribution >= 4 is 6.08 Å². The van der Waals surface area contributed by atoms with Crippen LogP contribution >= 0.6 is 0 Å². The standard InChI is InChI=1S/C18H26O/c1-3-4-5-6-7-8-9-10-11-12-17-13-15-18(19-2)16-14-17/h7-8,11-16H,3-6,9-10H2,1-2H3/b8-7+,12-11+. The Bertz CT molecular complexity index is 373. The van der Waals surface area contributed by atoms with Gasteiger partial charge in [0.1, 0.15) is 5.75 Å². The van der Waals surface area contributed by atoms with Crippen molar-refractivity contribution in [2.45, 2.75) is 45.4 Å². The van der Waals surface area contributed by atoms with Crippen LogP contribution in [0.5, 0.6) is 5.75 Å². The van der Waals surface area contributed by atoms with Crippen LogP contribution in [0.3, 0.4) is 0 Å². The van der Waals surface area contributed by atoms with Crippen LogP contribution in [0.1, 0.15) is 51.0 Å². The maximum atomic E-state index is 5.13. The summed E-state index contributed by atoms with van der Waals surface area (Å²) in [5, 5.41) is 0. The minimum Gasteiger partial charge on any atom is -0.497 e. The molecule has 0 saturated heterocycles. The summed E-state index contributed by atoms with van der Waals surface area (Å²) in [5.41, 5.74) is 1.23. The molecule has 1 aromatic rings. The monoisotopic (exact) mass is 258 g/mol. The van der Waals surface area contributed by atoms with E-state index < -0.39 is 0 Å². The topological polar surface area (TPSA) is 9.23 Å². The van der Waals surface area contributed by atoms with Crippen LogP contribution in [0.15, 0.2) is 42.5 Å². The molecule has 0 bridgehead atoms. The van der Waals surface area contributed by atoms with E-state index in [1.807, 2.05) is 12.1 Å². The zero-order valence-electron chi connectivity index (χ0n) is 12.3. The van der Waals surface area contributed by atoms with Crippen molar-refractivity contribution in [2.24, 2.45) is 0 Å². The van der Waals surface area contributed by atoms with Gasteiger partial charge in [0, 0.05) is 0 Å². The summed E-state index contributed by atoms with van der Waals surface area (Å²) in [6, 6.07) is 8.15. The summed E-state index contributed by atoms with van der Waals surface area (Å²) in [5.74, 6) is 0.909. The molecule has 0 fully saturated rings. The number of hydrogen-bond acceptors (Lipinski definition) is 1. The third-order valence-corrected chi connectivity index (χ3v) is 3.07. The molecule has 0 N–H and O–H groups in total. The van der Waals surface area contributed by atoms with Gasteiger partial charge in [-0.25, -0.2) is 0 Å². The molecule has 0 atom stereocenters. The minimum atomic E-state index is 0.909. The SMILES string of the molecule is CCCCC/C=C/CC/C=C/c1ccc(OC)cc1. The molecule has 0 aromatic heterocycles. The van der Waals surface area contributed by atoms with Crippen LogP contribution in [0, 0.1) is 0 Å². The maximum absolute atomic E-state index is 5.13. The van der Waals surface area contributed by atoms with E-state index in [0.29, 0.717) is 0 Å². The summed E-state index contributed by atoms with van der Waals surface area (Å²) in [6.07, 6.45) is 16.5. The highest BCUT2D eigenvalue weighted by Crippen LogP contribution is 2.12. The Morgan fingerprint density at radius 1 is 0.895 bits per heavy atom. The molecule has 0 heterocycles. The lowest BCUT2D eigenvalue weighted by atomic mass is 10.1. The van der Waals surface area contributed by atoms with Gasteiger partial charge in [-0.1, -0.05) is 56.2 Å². The molecule has 0 saturated carbocycles. The fourth-order valence-electron chi connectivity index (χ4n) is 1.87. The van der Waals surface area contributed by atoms with Gasteiger partial charge in [-0.15, -0.1) is 0 Å². The smallest absolute Gasteiger partial charge is 0.118 e. The first-order valence-electron chi connectivity index (χ1n) is 7.32. The predicted octanol–water partition coefficient (Wildman–Crippen LogP) is 5.63. The first-order valence-corrected chi connectivity index (χ1v) is 7.32. The molecule has 0 amide bonds. The molecule has 1 heteroatoms. The van der Waals surface area contributed by atoms with Gasteiger partial charge in [0.15, 0.2) is 0 Å². The second-order valence-corrected chi connectivity index (χ2v) is 4.72. The average Bonchev–Trinajstić information content (AvgIpc) is 2.46. The van der Waals surface area contributed by atoms with E-state index in [-0.39, 0.29) is 0 Å². The molecular formula is C18H26O. The van der Waals surface area contributed by atoms with Crippen molar-refractivity contribution < 1.29 is 4.74 Å². The van der Waals surface area contributed by atoms with Crippen molar-refractivity contribution in [3.63, 3.8) is 0 Å². The Balaban J connectivity index is 2.15. The van der Waals surface area contributed by atoms with E-state index in [1.165, 1.54) is 31.2 Å². The van der Waals surface area contributed by atoms with Crippen LogP contribution in [-0.2, 0) is 0 Å². The summed E-state index contributed by atoms with van der Waals surface area (Å²) in [6.45, 7) is 2.24. The third kappa shape index (κ3) is 7.50. The van der Waals surface area contributed by atoms with Gasteiger partial charge in [-0.3, -0.25) is 0 Å². The van der Waals surface area contributed by atoms with Gasteiger partial charge in [0.25, 0.3) is 0 Å². The van der Waals surface area contributed by atoms with E-state index in [0.717, 1.165) is 18.6 Å². The number of methoxy groups -OCH3 is 1. The molecule has 0 radical (unpaired) electrons. The first-order chi connectivity index (χ1) is 9.36. The first kappa shape index (κ1) is 15.6. The number of rotatable bonds is 9. The molecule has 0 aliphatic heterocycles. The Kier molecular flexibility index (Phi) is 8.54. The van der Waals surface area contributed by atoms with Crippen LogP contribution in [0.25, 0.3) is 6.08 Å². The van der Waals surface area contributed by atoms with Gasteiger partial charge in [-0.05, 0) is 43.4 Å². The van der Waals surface area contributed by atoms with Gasteiger partial charge in [0.2, 0.25) is 0 Å². The lowest BCUT2D eigenvalue weighted by Gasteiger charge is -1.98. The van der Waals surface area contributed by atoms with E-state index in [4.69, 9.17) is 4.74 Å². The minimum absolute atomic E-state index is 0.909. The van der Waals surface area contributed by atoms with Crippen molar-refractivity contribution in [3.8, 4) is 5.75 Å². The Morgan fingerprint density at radius 3 is 2.26 bits per heavy atom. The fraction of sp³-hybridized carbons (Fsp3) is 0.444. The molecule has 19 heavy (non-hydrogen) atoms. The number of ether oxygens (including phenoxy) is 1. The van der Waals surface area contributed by atoms with E-state index in [9.17, 15) is 0 Å². The lowest BCUT2D eigenvalue weighted by Crippen LogP contribution is -1.81. The van der Waals surface area contributed by atoms with Gasteiger partial charge < -0.3 is 4.74 Å². The average molecular weight is 258 g/mol. The van der Waals surface area contributed by atoms with Crippen molar-refractivity contribution in [1.82, 2.24) is 0 Å². The molecule has 1 rings (SSSR count). The second-order valence-electron chi connectivity index (χ2n) is 4.72. The number of benzene rings is 1. The predicted molar refractivity (Wildman–Crippen MR) is 84.5 cm³/mol. The molecule has 1 nitrogen and oxygen atoms in total. The van der Waals surface area contributed by atoms with Crippen LogP contribution < -0.4 is 4.74 Å². The van der Waals surface area contributed by atoms with Gasteiger partial charge in [0.05, 0.1) is 7.11 Å².